The van der Waals surface area contributed by atoms with E-state index in [1.54, 1.807) is 0 Å². The number of hydrogen-bond acceptors (Lipinski definition) is 4. The lowest BCUT2D eigenvalue weighted by Gasteiger charge is -2.34. The number of nitrogens with zero attached hydrogens (tertiary/aromatic N) is 3. The maximum atomic E-state index is 9.42. The predicted molar refractivity (Wildman–Crippen MR) is 87.2 cm³/mol. The van der Waals surface area contributed by atoms with Crippen molar-refractivity contribution in [2.24, 2.45) is 0 Å². The Bertz CT molecular complexity index is 358. The lowest BCUT2D eigenvalue weighted by atomic mass is 9.94. The van der Waals surface area contributed by atoms with Crippen LogP contribution in [0.5, 0.6) is 0 Å². The van der Waals surface area contributed by atoms with Gasteiger partial charge in [-0.3, -0.25) is 15.1 Å². The SMILES string of the molecule is CCNC(C)(C#N)CC(C)N1CCC(N2CCCCC2)C1. The van der Waals surface area contributed by atoms with Crippen molar-refractivity contribution in [2.45, 2.75) is 70.5 Å². The quantitative estimate of drug-likeness (QED) is 0.815. The van der Waals surface area contributed by atoms with Gasteiger partial charge in [0, 0.05) is 25.2 Å². The zero-order valence-corrected chi connectivity index (χ0v) is 14.1. The Kier molecular flexibility index (Phi) is 6.04. The van der Waals surface area contributed by atoms with Crippen LogP contribution in [0.25, 0.3) is 0 Å². The molecule has 120 valence electrons. The Hall–Kier alpha value is -0.630. The second kappa shape index (κ2) is 7.58. The summed E-state index contributed by atoms with van der Waals surface area (Å²) in [6.45, 7) is 12.2. The number of likely N-dealkylation sites (tertiary alicyclic amines) is 2. The number of hydrogen-bond donors (Lipinski definition) is 1. The minimum atomic E-state index is -0.391. The molecular weight excluding hydrogens is 260 g/mol. The first-order valence-corrected chi connectivity index (χ1v) is 8.72. The highest BCUT2D eigenvalue weighted by Crippen LogP contribution is 2.24. The van der Waals surface area contributed by atoms with Crippen molar-refractivity contribution < 1.29 is 0 Å². The molecule has 2 rings (SSSR count). The van der Waals surface area contributed by atoms with Gasteiger partial charge in [-0.25, -0.2) is 0 Å². The van der Waals surface area contributed by atoms with Crippen LogP contribution in [0.4, 0.5) is 0 Å². The predicted octanol–water partition coefficient (Wildman–Crippen LogP) is 2.22. The second-order valence-corrected chi connectivity index (χ2v) is 7.06. The van der Waals surface area contributed by atoms with Crippen molar-refractivity contribution in [3.8, 4) is 6.07 Å². The van der Waals surface area contributed by atoms with Gasteiger partial charge in [0.15, 0.2) is 0 Å². The zero-order chi connectivity index (χ0) is 15.3. The molecule has 4 nitrogen and oxygen atoms in total. The molecule has 0 aromatic rings. The van der Waals surface area contributed by atoms with Gasteiger partial charge in [-0.15, -0.1) is 0 Å². The Morgan fingerprint density at radius 1 is 1.29 bits per heavy atom. The van der Waals surface area contributed by atoms with Gasteiger partial charge in [-0.1, -0.05) is 13.3 Å². The Morgan fingerprint density at radius 3 is 2.62 bits per heavy atom. The minimum Gasteiger partial charge on any atom is -0.300 e. The Balaban J connectivity index is 1.84. The summed E-state index contributed by atoms with van der Waals surface area (Å²) < 4.78 is 0. The molecule has 3 unspecified atom stereocenters. The van der Waals surface area contributed by atoms with Crippen LogP contribution in [-0.4, -0.2) is 60.1 Å². The summed E-state index contributed by atoms with van der Waals surface area (Å²) in [4.78, 5) is 5.29. The molecule has 2 aliphatic rings. The van der Waals surface area contributed by atoms with Crippen LogP contribution in [0.3, 0.4) is 0 Å². The average molecular weight is 292 g/mol. The highest BCUT2D eigenvalue weighted by Gasteiger charge is 2.34. The molecule has 1 N–H and O–H groups in total. The molecule has 2 heterocycles. The van der Waals surface area contributed by atoms with Gasteiger partial charge < -0.3 is 0 Å². The molecule has 0 bridgehead atoms. The molecule has 0 spiro atoms. The van der Waals surface area contributed by atoms with E-state index in [-0.39, 0.29) is 0 Å². The highest BCUT2D eigenvalue weighted by atomic mass is 15.3. The lowest BCUT2D eigenvalue weighted by molar-refractivity contribution is 0.147. The summed E-state index contributed by atoms with van der Waals surface area (Å²) in [5.74, 6) is 0. The monoisotopic (exact) mass is 292 g/mol. The third kappa shape index (κ3) is 4.42. The largest absolute Gasteiger partial charge is 0.300 e. The van der Waals surface area contributed by atoms with Gasteiger partial charge in [0.2, 0.25) is 0 Å². The molecule has 0 amide bonds. The normalized spacial score (nSPS) is 29.0. The molecule has 21 heavy (non-hydrogen) atoms. The van der Waals surface area contributed by atoms with Gasteiger partial charge in [0.25, 0.3) is 0 Å². The van der Waals surface area contributed by atoms with Gasteiger partial charge in [-0.05, 0) is 59.2 Å². The summed E-state index contributed by atoms with van der Waals surface area (Å²) in [6, 6.07) is 3.69. The van der Waals surface area contributed by atoms with Crippen molar-refractivity contribution >= 4 is 0 Å². The topological polar surface area (TPSA) is 42.3 Å². The van der Waals surface area contributed by atoms with E-state index >= 15 is 0 Å². The lowest BCUT2D eigenvalue weighted by Crippen LogP contribution is -2.47. The van der Waals surface area contributed by atoms with Crippen molar-refractivity contribution in [1.29, 1.82) is 5.26 Å². The fourth-order valence-electron chi connectivity index (χ4n) is 4.02. The molecule has 4 heteroatoms. The van der Waals surface area contributed by atoms with E-state index in [1.165, 1.54) is 51.9 Å². The highest BCUT2D eigenvalue weighted by molar-refractivity contribution is 5.05. The van der Waals surface area contributed by atoms with Crippen molar-refractivity contribution in [3.63, 3.8) is 0 Å². The molecule has 0 aromatic carbocycles. The summed E-state index contributed by atoms with van der Waals surface area (Å²) in [5.41, 5.74) is -0.391. The molecule has 3 atom stereocenters. The van der Waals surface area contributed by atoms with Crippen molar-refractivity contribution in [2.75, 3.05) is 32.7 Å². The number of nitrogens with one attached hydrogen (secondary N) is 1. The summed E-state index contributed by atoms with van der Waals surface area (Å²) in [7, 11) is 0. The molecule has 2 aliphatic heterocycles. The summed E-state index contributed by atoms with van der Waals surface area (Å²) in [6.07, 6.45) is 6.36. The van der Waals surface area contributed by atoms with Crippen LogP contribution in [0, 0.1) is 11.3 Å². The van der Waals surface area contributed by atoms with Crippen LogP contribution >= 0.6 is 0 Å². The minimum absolute atomic E-state index is 0.391. The molecule has 0 aromatic heterocycles. The first kappa shape index (κ1) is 16.7. The smallest absolute Gasteiger partial charge is 0.105 e. The van der Waals surface area contributed by atoms with Gasteiger partial charge in [0.05, 0.1) is 6.07 Å². The molecule has 0 saturated carbocycles. The molecule has 0 aliphatic carbocycles. The van der Waals surface area contributed by atoms with E-state index in [0.717, 1.165) is 19.0 Å². The van der Waals surface area contributed by atoms with Crippen molar-refractivity contribution in [1.82, 2.24) is 15.1 Å². The number of rotatable bonds is 6. The van der Waals surface area contributed by atoms with E-state index in [1.807, 2.05) is 6.92 Å². The van der Waals surface area contributed by atoms with E-state index in [9.17, 15) is 5.26 Å². The van der Waals surface area contributed by atoms with Crippen LogP contribution in [0.15, 0.2) is 0 Å². The fourth-order valence-corrected chi connectivity index (χ4v) is 4.02. The van der Waals surface area contributed by atoms with Crippen LogP contribution in [0.2, 0.25) is 0 Å². The van der Waals surface area contributed by atoms with E-state index in [2.05, 4.69) is 35.0 Å². The maximum Gasteiger partial charge on any atom is 0.105 e. The standard InChI is InChI=1S/C17H32N4/c1-4-19-17(3,14-18)12-15(2)21-11-8-16(13-21)20-9-6-5-7-10-20/h15-16,19H,4-13H2,1-3H3. The molecular formula is C17H32N4. The first-order chi connectivity index (χ1) is 10.1. The van der Waals surface area contributed by atoms with Crippen LogP contribution in [-0.2, 0) is 0 Å². The second-order valence-electron chi connectivity index (χ2n) is 7.06. The third-order valence-electron chi connectivity index (χ3n) is 5.24. The average Bonchev–Trinajstić information content (AvgIpc) is 2.98. The number of nitriles is 1. The fraction of sp³-hybridized carbons (Fsp3) is 0.941. The maximum absolute atomic E-state index is 9.42. The molecule has 2 fully saturated rings. The van der Waals surface area contributed by atoms with Crippen LogP contribution < -0.4 is 5.32 Å². The summed E-state index contributed by atoms with van der Waals surface area (Å²) in [5, 5.41) is 12.8. The van der Waals surface area contributed by atoms with Crippen LogP contribution in [0.1, 0.15) is 52.9 Å². The zero-order valence-electron chi connectivity index (χ0n) is 14.1. The van der Waals surface area contributed by atoms with Gasteiger partial charge in [0.1, 0.15) is 5.54 Å². The summed E-state index contributed by atoms with van der Waals surface area (Å²) >= 11 is 0. The Morgan fingerprint density at radius 2 is 2.00 bits per heavy atom. The van der Waals surface area contributed by atoms with Gasteiger partial charge in [-0.2, -0.15) is 5.26 Å². The van der Waals surface area contributed by atoms with E-state index in [0.29, 0.717) is 6.04 Å². The van der Waals surface area contributed by atoms with Crippen molar-refractivity contribution in [3.05, 3.63) is 0 Å². The number of piperidine rings is 1. The Labute approximate surface area is 130 Å². The molecule has 2 saturated heterocycles. The third-order valence-corrected chi connectivity index (χ3v) is 5.24. The van der Waals surface area contributed by atoms with E-state index < -0.39 is 5.54 Å². The van der Waals surface area contributed by atoms with Gasteiger partial charge >= 0.3 is 0 Å². The first-order valence-electron chi connectivity index (χ1n) is 8.72. The molecule has 0 radical (unpaired) electrons. The van der Waals surface area contributed by atoms with E-state index in [4.69, 9.17) is 0 Å².